The van der Waals surface area contributed by atoms with Crippen LogP contribution in [0.5, 0.6) is 5.75 Å². The number of hydrogen-bond acceptors (Lipinski definition) is 5. The molecule has 0 aliphatic carbocycles. The van der Waals surface area contributed by atoms with Crippen molar-refractivity contribution in [2.24, 2.45) is 5.92 Å². The average molecular weight is 424 g/mol. The number of aryl methyl sites for hydroxylation is 1. The number of benzene rings is 1. The van der Waals surface area contributed by atoms with Crippen molar-refractivity contribution in [2.75, 3.05) is 25.5 Å². The molecule has 0 atom stereocenters. The van der Waals surface area contributed by atoms with Crippen molar-refractivity contribution in [3.05, 3.63) is 47.2 Å². The summed E-state index contributed by atoms with van der Waals surface area (Å²) in [6.07, 6.45) is 3.76. The van der Waals surface area contributed by atoms with Gasteiger partial charge in [-0.05, 0) is 43.5 Å². The van der Waals surface area contributed by atoms with Crippen molar-refractivity contribution in [2.45, 2.75) is 24.7 Å². The summed E-state index contributed by atoms with van der Waals surface area (Å²) in [4.78, 5) is 16.7. The molecular weight excluding hydrogens is 402 g/mol. The largest absolute Gasteiger partial charge is 0.495 e. The van der Waals surface area contributed by atoms with Crippen molar-refractivity contribution < 1.29 is 17.9 Å². The molecule has 0 bridgehead atoms. The molecule has 0 unspecified atom stereocenters. The van der Waals surface area contributed by atoms with Crippen molar-refractivity contribution in [1.82, 2.24) is 9.29 Å². The molecule has 0 saturated carbocycles. The van der Waals surface area contributed by atoms with Gasteiger partial charge < -0.3 is 10.1 Å². The van der Waals surface area contributed by atoms with Gasteiger partial charge in [-0.3, -0.25) is 9.78 Å². The molecule has 9 heteroatoms. The van der Waals surface area contributed by atoms with Gasteiger partial charge in [-0.15, -0.1) is 0 Å². The Morgan fingerprint density at radius 1 is 1.32 bits per heavy atom. The Kier molecular flexibility index (Phi) is 6.22. The number of aromatic nitrogens is 1. The highest BCUT2D eigenvalue weighted by Crippen LogP contribution is 2.32. The lowest BCUT2D eigenvalue weighted by molar-refractivity contribution is -0.120. The van der Waals surface area contributed by atoms with Crippen molar-refractivity contribution >= 4 is 33.2 Å². The molecular formula is C19H22ClN3O4S. The molecule has 1 aliphatic rings. The van der Waals surface area contributed by atoms with Gasteiger partial charge in [0, 0.05) is 42.5 Å². The zero-order valence-corrected chi connectivity index (χ0v) is 17.3. The molecule has 1 aliphatic heterocycles. The number of carbonyl (C=O) groups is 1. The number of piperidine rings is 1. The number of nitrogens with one attached hydrogen (secondary N) is 1. The first kappa shape index (κ1) is 20.6. The summed E-state index contributed by atoms with van der Waals surface area (Å²) < 4.78 is 32.0. The SMILES string of the molecule is COc1cc(Cl)c(C)cc1NC(=O)C1CCN(S(=O)(=O)c2cccnc2)CC1. The lowest BCUT2D eigenvalue weighted by Crippen LogP contribution is -2.41. The minimum absolute atomic E-state index is 0.154. The van der Waals surface area contributed by atoms with Gasteiger partial charge in [0.2, 0.25) is 15.9 Å². The number of anilines is 1. The number of sulfonamides is 1. The van der Waals surface area contributed by atoms with E-state index >= 15 is 0 Å². The van der Waals surface area contributed by atoms with E-state index in [-0.39, 0.29) is 29.8 Å². The minimum Gasteiger partial charge on any atom is -0.495 e. The van der Waals surface area contributed by atoms with Gasteiger partial charge in [0.15, 0.2) is 0 Å². The number of amides is 1. The molecule has 1 amide bonds. The van der Waals surface area contributed by atoms with Crippen LogP contribution >= 0.6 is 11.6 Å². The zero-order valence-electron chi connectivity index (χ0n) is 15.7. The first-order valence-electron chi connectivity index (χ1n) is 8.88. The molecule has 1 saturated heterocycles. The van der Waals surface area contributed by atoms with Gasteiger partial charge >= 0.3 is 0 Å². The molecule has 3 rings (SSSR count). The van der Waals surface area contributed by atoms with E-state index in [1.165, 1.54) is 29.9 Å². The van der Waals surface area contributed by atoms with Crippen LogP contribution in [0.15, 0.2) is 41.6 Å². The maximum atomic E-state index is 12.7. The Balaban J connectivity index is 1.66. The van der Waals surface area contributed by atoms with E-state index in [1.807, 2.05) is 6.92 Å². The summed E-state index contributed by atoms with van der Waals surface area (Å²) in [5, 5.41) is 3.44. The third-order valence-electron chi connectivity index (χ3n) is 4.84. The lowest BCUT2D eigenvalue weighted by Gasteiger charge is -2.30. The van der Waals surface area contributed by atoms with E-state index in [0.717, 1.165) is 5.56 Å². The zero-order chi connectivity index (χ0) is 20.3. The second-order valence-electron chi connectivity index (χ2n) is 6.66. The van der Waals surface area contributed by atoms with Gasteiger partial charge in [0.25, 0.3) is 0 Å². The Morgan fingerprint density at radius 3 is 2.64 bits per heavy atom. The van der Waals surface area contributed by atoms with Crippen LogP contribution in [-0.4, -0.2) is 43.8 Å². The summed E-state index contributed by atoms with van der Waals surface area (Å²) in [6, 6.07) is 6.54. The van der Waals surface area contributed by atoms with E-state index in [9.17, 15) is 13.2 Å². The standard InChI is InChI=1S/C19H22ClN3O4S/c1-13-10-17(18(27-2)11-16(13)20)22-19(24)14-5-8-23(9-6-14)28(25,26)15-4-3-7-21-12-15/h3-4,7,10-12,14H,5-6,8-9H2,1-2H3,(H,22,24). The van der Waals surface area contributed by atoms with E-state index in [4.69, 9.17) is 16.3 Å². The molecule has 2 aromatic rings. The van der Waals surface area contributed by atoms with Crippen molar-refractivity contribution in [1.29, 1.82) is 0 Å². The van der Waals surface area contributed by atoms with Crippen LogP contribution in [0, 0.1) is 12.8 Å². The number of ether oxygens (including phenoxy) is 1. The molecule has 1 fully saturated rings. The van der Waals surface area contributed by atoms with Gasteiger partial charge in [-0.2, -0.15) is 4.31 Å². The second kappa shape index (κ2) is 8.46. The van der Waals surface area contributed by atoms with Crippen molar-refractivity contribution in [3.8, 4) is 5.75 Å². The van der Waals surface area contributed by atoms with Crippen LogP contribution in [0.25, 0.3) is 0 Å². The van der Waals surface area contributed by atoms with Crippen LogP contribution in [-0.2, 0) is 14.8 Å². The fraction of sp³-hybridized carbons (Fsp3) is 0.368. The number of halogens is 1. The van der Waals surface area contributed by atoms with Crippen LogP contribution in [0.4, 0.5) is 5.69 Å². The fourth-order valence-corrected chi connectivity index (χ4v) is 4.76. The highest BCUT2D eigenvalue weighted by molar-refractivity contribution is 7.89. The Labute approximate surface area is 169 Å². The van der Waals surface area contributed by atoms with Crippen LogP contribution in [0.1, 0.15) is 18.4 Å². The Bertz CT molecular complexity index is 959. The Hall–Kier alpha value is -2.16. The molecule has 0 spiro atoms. The molecule has 1 N–H and O–H groups in total. The smallest absolute Gasteiger partial charge is 0.244 e. The number of rotatable bonds is 5. The predicted molar refractivity (Wildman–Crippen MR) is 107 cm³/mol. The lowest BCUT2D eigenvalue weighted by atomic mass is 9.97. The molecule has 1 aromatic heterocycles. The predicted octanol–water partition coefficient (Wildman–Crippen LogP) is 3.09. The number of methoxy groups -OCH3 is 1. The number of nitrogens with zero attached hydrogens (tertiary/aromatic N) is 2. The molecule has 28 heavy (non-hydrogen) atoms. The van der Waals surface area contributed by atoms with Gasteiger partial charge in [-0.25, -0.2) is 8.42 Å². The number of pyridine rings is 1. The average Bonchev–Trinajstić information content (AvgIpc) is 2.71. The van der Waals surface area contributed by atoms with E-state index in [0.29, 0.717) is 29.3 Å². The third-order valence-corrected chi connectivity index (χ3v) is 7.12. The number of hydrogen-bond donors (Lipinski definition) is 1. The van der Waals surface area contributed by atoms with Crippen LogP contribution in [0.3, 0.4) is 0 Å². The van der Waals surface area contributed by atoms with Gasteiger partial charge in [0.05, 0.1) is 12.8 Å². The summed E-state index contributed by atoms with van der Waals surface area (Å²) >= 11 is 6.10. The Morgan fingerprint density at radius 2 is 2.04 bits per heavy atom. The highest BCUT2D eigenvalue weighted by Gasteiger charge is 2.32. The van der Waals surface area contributed by atoms with E-state index in [1.54, 1.807) is 18.2 Å². The van der Waals surface area contributed by atoms with E-state index < -0.39 is 10.0 Å². The fourth-order valence-electron chi connectivity index (χ4n) is 3.17. The first-order valence-corrected chi connectivity index (χ1v) is 10.7. The molecule has 1 aromatic carbocycles. The van der Waals surface area contributed by atoms with E-state index in [2.05, 4.69) is 10.3 Å². The normalized spacial score (nSPS) is 16.0. The summed E-state index contributed by atoms with van der Waals surface area (Å²) in [5.74, 6) is 0.0556. The minimum atomic E-state index is -3.59. The summed E-state index contributed by atoms with van der Waals surface area (Å²) in [7, 11) is -2.07. The maximum absolute atomic E-state index is 12.7. The maximum Gasteiger partial charge on any atom is 0.244 e. The summed E-state index contributed by atoms with van der Waals surface area (Å²) in [5.41, 5.74) is 1.38. The number of carbonyl (C=O) groups excluding carboxylic acids is 1. The molecule has 150 valence electrons. The summed E-state index contributed by atoms with van der Waals surface area (Å²) in [6.45, 7) is 2.41. The van der Waals surface area contributed by atoms with Crippen molar-refractivity contribution in [3.63, 3.8) is 0 Å². The topological polar surface area (TPSA) is 88.6 Å². The third kappa shape index (κ3) is 4.29. The quantitative estimate of drug-likeness (QED) is 0.798. The molecule has 2 heterocycles. The molecule has 0 radical (unpaired) electrons. The monoisotopic (exact) mass is 423 g/mol. The first-order chi connectivity index (χ1) is 13.3. The highest BCUT2D eigenvalue weighted by atomic mass is 35.5. The second-order valence-corrected chi connectivity index (χ2v) is 9.00. The molecule has 7 nitrogen and oxygen atoms in total. The van der Waals surface area contributed by atoms with Crippen LogP contribution < -0.4 is 10.1 Å². The van der Waals surface area contributed by atoms with Crippen LogP contribution in [0.2, 0.25) is 5.02 Å². The van der Waals surface area contributed by atoms with Gasteiger partial charge in [-0.1, -0.05) is 11.6 Å². The van der Waals surface area contributed by atoms with Gasteiger partial charge in [0.1, 0.15) is 10.6 Å².